The Bertz CT molecular complexity index is 1990. The Labute approximate surface area is 356 Å². The summed E-state index contributed by atoms with van der Waals surface area (Å²) in [5, 5.41) is 1.52. The molecule has 0 atom stereocenters. The number of nitrogens with two attached hydrogens (primary N) is 1. The minimum atomic E-state index is -3.62. The first-order valence-corrected chi connectivity index (χ1v) is 24.6. The third-order valence-electron chi connectivity index (χ3n) is 11.8. The fourth-order valence-electron chi connectivity index (χ4n) is 8.87. The first-order valence-electron chi connectivity index (χ1n) is 21.0. The normalized spacial score (nSPS) is 15.6. The van der Waals surface area contributed by atoms with E-state index in [1.54, 1.807) is 18.2 Å². The van der Waals surface area contributed by atoms with E-state index in [-0.39, 0.29) is 13.7 Å². The van der Waals surface area contributed by atoms with Gasteiger partial charge in [0.1, 0.15) is 11.5 Å². The van der Waals surface area contributed by atoms with Crippen molar-refractivity contribution in [1.29, 1.82) is 0 Å². The fraction of sp³-hybridized carbons (Fsp3) is 0.500. The number of rotatable bonds is 13. The summed E-state index contributed by atoms with van der Waals surface area (Å²) in [6, 6.07) is 23.9. The van der Waals surface area contributed by atoms with Gasteiger partial charge in [-0.05, 0) is 89.1 Å². The fourth-order valence-corrected chi connectivity index (χ4v) is 13.9. The predicted octanol–water partition coefficient (Wildman–Crippen LogP) is 12.8. The van der Waals surface area contributed by atoms with E-state index in [1.165, 1.54) is 97.3 Å². The third-order valence-corrected chi connectivity index (χ3v) is 17.4. The van der Waals surface area contributed by atoms with Gasteiger partial charge in [-0.2, -0.15) is 0 Å². The van der Waals surface area contributed by atoms with Crippen molar-refractivity contribution in [2.75, 3.05) is 20.0 Å². The van der Waals surface area contributed by atoms with Crippen molar-refractivity contribution in [1.82, 2.24) is 0 Å². The Morgan fingerprint density at radius 2 is 1.16 bits per heavy atom. The van der Waals surface area contributed by atoms with Crippen molar-refractivity contribution >= 4 is 29.0 Å². The molecule has 9 heteroatoms. The van der Waals surface area contributed by atoms with E-state index < -0.39 is 10.1 Å². The first kappa shape index (κ1) is 45.4. The molecule has 0 bridgehead atoms. The van der Waals surface area contributed by atoms with Crippen LogP contribution in [0, 0.1) is 0 Å². The standard InChI is InChI=1S/C35H53O2P.C13H13NO3S.Pd/c1-23(2)26-21-29(24(3)4)33(30(22-26)25(5)6)34-31(36-7)19-20-32(37-8)35(34)38(27-15-11-9-12-16-27)28-17-13-10-14-18-28;14-13-8-4-3-7-12(13)11-6-2-1-5-10(11)9-18(15,16)17;/h19-25,27-28H,9-18H2,1-8H3;1-8H,9,14H2,(H,15,16,17);/q;;+1/p-1. The van der Waals surface area contributed by atoms with Crippen molar-refractivity contribution in [2.24, 2.45) is 0 Å². The summed E-state index contributed by atoms with van der Waals surface area (Å²) < 4.78 is 40.0. The molecule has 0 amide bonds. The molecule has 0 spiro atoms. The number of para-hydroxylation sites is 1. The third kappa shape index (κ3) is 11.1. The SMILES string of the molecule is COc1ccc(OC)c(P(C2CCCCC2)C2CCCCC2)c1-c1c(C(C)C)cc(C(C)C)cc1C(C)C.Nc1ccccc1-c1ccccc1CS(=O)(=O)[O][Pd]. The van der Waals surface area contributed by atoms with E-state index in [1.807, 2.05) is 44.6 Å². The Kier molecular flexibility index (Phi) is 16.7. The molecular weight excluding hydrogens is 840 g/mol. The summed E-state index contributed by atoms with van der Waals surface area (Å²) in [6.45, 7) is 14.1. The van der Waals surface area contributed by atoms with Gasteiger partial charge in [-0.25, -0.2) is 0 Å². The average Bonchev–Trinajstić information content (AvgIpc) is 3.21. The molecular formula is C48H65NO5PPdS. The van der Waals surface area contributed by atoms with Crippen LogP contribution in [0.2, 0.25) is 0 Å². The molecule has 0 unspecified atom stereocenters. The molecule has 57 heavy (non-hydrogen) atoms. The van der Waals surface area contributed by atoms with E-state index in [0.29, 0.717) is 29.0 Å². The van der Waals surface area contributed by atoms with Gasteiger partial charge in [0.2, 0.25) is 0 Å². The zero-order valence-electron chi connectivity index (χ0n) is 35.4. The number of hydrogen-bond donors (Lipinski definition) is 1. The van der Waals surface area contributed by atoms with Crippen LogP contribution in [0.3, 0.4) is 0 Å². The molecule has 313 valence electrons. The van der Waals surface area contributed by atoms with Crippen molar-refractivity contribution in [3.8, 4) is 33.8 Å². The van der Waals surface area contributed by atoms with Crippen LogP contribution >= 0.6 is 7.92 Å². The molecule has 0 aliphatic heterocycles. The van der Waals surface area contributed by atoms with Crippen molar-refractivity contribution in [3.63, 3.8) is 0 Å². The van der Waals surface area contributed by atoms with Gasteiger partial charge >= 0.3 is 123 Å². The summed E-state index contributed by atoms with van der Waals surface area (Å²) in [5.74, 6) is 3.29. The van der Waals surface area contributed by atoms with Crippen LogP contribution in [0.4, 0.5) is 5.69 Å². The first-order chi connectivity index (χ1) is 27.3. The molecule has 0 radical (unpaired) electrons. The minimum absolute atomic E-state index is 0.210. The van der Waals surface area contributed by atoms with Crippen molar-refractivity contribution < 1.29 is 40.4 Å². The molecule has 4 aromatic carbocycles. The van der Waals surface area contributed by atoms with Crippen LogP contribution < -0.4 is 20.5 Å². The molecule has 4 aromatic rings. The molecule has 2 N–H and O–H groups in total. The quantitative estimate of drug-likeness (QED) is 0.0817. The molecule has 6 rings (SSSR count). The number of hydrogen-bond acceptors (Lipinski definition) is 6. The van der Waals surface area contributed by atoms with Crippen molar-refractivity contribution in [2.45, 2.75) is 141 Å². The Morgan fingerprint density at radius 1 is 0.667 bits per heavy atom. The van der Waals surface area contributed by atoms with Crippen LogP contribution in [-0.4, -0.2) is 34.0 Å². The van der Waals surface area contributed by atoms with E-state index >= 15 is 0 Å². The van der Waals surface area contributed by atoms with Gasteiger partial charge in [0, 0.05) is 10.9 Å². The average molecular weight is 906 g/mol. The second-order valence-corrected chi connectivity index (χ2v) is 21.7. The number of methoxy groups -OCH3 is 2. The van der Waals surface area contributed by atoms with E-state index in [4.69, 9.17) is 15.2 Å². The van der Waals surface area contributed by atoms with E-state index in [2.05, 4.69) is 88.3 Å². The predicted molar refractivity (Wildman–Crippen MR) is 238 cm³/mol. The van der Waals surface area contributed by atoms with Crippen LogP contribution in [-0.2, 0) is 38.4 Å². The maximum absolute atomic E-state index is 11.5. The second kappa shape index (κ2) is 21.0. The summed E-state index contributed by atoms with van der Waals surface area (Å²) in [4.78, 5) is 0. The molecule has 0 heterocycles. The summed E-state index contributed by atoms with van der Waals surface area (Å²) in [5.41, 5.74) is 17.5. The van der Waals surface area contributed by atoms with Crippen LogP contribution in [0.5, 0.6) is 11.5 Å². The number of benzene rings is 4. The Hall–Kier alpha value is -2.72. The van der Waals surface area contributed by atoms with E-state index in [0.717, 1.165) is 33.9 Å². The topological polar surface area (TPSA) is 87.9 Å². The van der Waals surface area contributed by atoms with Crippen LogP contribution in [0.15, 0.2) is 72.8 Å². The van der Waals surface area contributed by atoms with Crippen LogP contribution in [0.25, 0.3) is 22.3 Å². The number of nitrogen functional groups attached to an aromatic ring is 1. The molecule has 0 saturated heterocycles. The van der Waals surface area contributed by atoms with Crippen LogP contribution in [0.1, 0.15) is 146 Å². The molecule has 0 aromatic heterocycles. The molecule has 2 saturated carbocycles. The molecule has 6 nitrogen and oxygen atoms in total. The van der Waals surface area contributed by atoms with Gasteiger partial charge in [0.15, 0.2) is 0 Å². The summed E-state index contributed by atoms with van der Waals surface area (Å²) in [6.07, 6.45) is 13.8. The molecule has 2 aliphatic rings. The van der Waals surface area contributed by atoms with Gasteiger partial charge in [-0.15, -0.1) is 0 Å². The monoisotopic (exact) mass is 904 g/mol. The van der Waals surface area contributed by atoms with Gasteiger partial charge in [-0.3, -0.25) is 0 Å². The van der Waals surface area contributed by atoms with Gasteiger partial charge in [0.05, 0.1) is 14.2 Å². The van der Waals surface area contributed by atoms with Gasteiger partial charge in [-0.1, -0.05) is 100 Å². The maximum atomic E-state index is 11.5. The molecule has 2 aliphatic carbocycles. The second-order valence-electron chi connectivity index (χ2n) is 16.7. The zero-order valence-corrected chi connectivity index (χ0v) is 38.6. The molecule has 2 fully saturated rings. The number of ether oxygens (including phenoxy) is 2. The Balaban J connectivity index is 0.000000273. The van der Waals surface area contributed by atoms with Gasteiger partial charge in [0.25, 0.3) is 0 Å². The number of anilines is 1. The van der Waals surface area contributed by atoms with E-state index in [9.17, 15) is 8.42 Å². The Morgan fingerprint density at radius 3 is 1.63 bits per heavy atom. The summed E-state index contributed by atoms with van der Waals surface area (Å²) >= 11 is 2.24. The van der Waals surface area contributed by atoms with Gasteiger partial charge < -0.3 is 9.47 Å². The zero-order chi connectivity index (χ0) is 41.3. The van der Waals surface area contributed by atoms with Crippen molar-refractivity contribution in [3.05, 3.63) is 95.1 Å². The summed E-state index contributed by atoms with van der Waals surface area (Å²) in [7, 11) is -0.243.